The molecule has 0 bridgehead atoms. The lowest BCUT2D eigenvalue weighted by Crippen LogP contribution is -2.31. The van der Waals surface area contributed by atoms with Gasteiger partial charge in [0.25, 0.3) is 0 Å². The molecule has 166 valence electrons. The molecule has 0 saturated carbocycles. The number of hydrogen-bond acceptors (Lipinski definition) is 6. The molecule has 3 aliphatic heterocycles. The number of rotatable bonds is 3. The Bertz CT molecular complexity index is 1340. The van der Waals surface area contributed by atoms with Crippen LogP contribution in [0, 0.1) is 0 Å². The number of nitrogens with zero attached hydrogens (tertiary/aromatic N) is 1. The molecule has 6 nitrogen and oxygen atoms in total. The van der Waals surface area contributed by atoms with Crippen LogP contribution in [0.1, 0.15) is 27.0 Å². The van der Waals surface area contributed by atoms with E-state index in [4.69, 9.17) is 42.1 Å². The average Bonchev–Trinajstić information content (AvgIpc) is 3.41. The summed E-state index contributed by atoms with van der Waals surface area (Å²) in [6, 6.07) is 14.6. The number of hydrogen-bond donors (Lipinski definition) is 0. The minimum absolute atomic E-state index is 0.174. The molecule has 3 aliphatic rings. The first-order chi connectivity index (χ1) is 16.0. The molecule has 0 amide bonds. The number of carbonyl (C=O) groups is 1. The Kier molecular flexibility index (Phi) is 4.94. The minimum atomic E-state index is -0.174. The molecule has 6 rings (SSSR count). The Labute approximate surface area is 199 Å². The van der Waals surface area contributed by atoms with Gasteiger partial charge >= 0.3 is 0 Å². The summed E-state index contributed by atoms with van der Waals surface area (Å²) in [7, 11) is 0. The van der Waals surface area contributed by atoms with Crippen molar-refractivity contribution in [2.24, 2.45) is 0 Å². The molecule has 0 unspecified atom stereocenters. The molecule has 3 aromatic rings. The highest BCUT2D eigenvalue weighted by Gasteiger charge is 2.33. The number of Topliss-reactive ketones (excluding diaryl/α,β-unsaturated/α-hetero) is 1. The summed E-state index contributed by atoms with van der Waals surface area (Å²) >= 11 is 12.1. The number of allylic oxidation sites excluding steroid dienone is 1. The monoisotopic (exact) mass is 481 g/mol. The predicted octanol–water partition coefficient (Wildman–Crippen LogP) is 5.69. The Hall–Kier alpha value is -3.19. The quantitative estimate of drug-likeness (QED) is 0.447. The van der Waals surface area contributed by atoms with Crippen LogP contribution in [-0.2, 0) is 13.1 Å². The van der Waals surface area contributed by atoms with Crippen molar-refractivity contribution in [3.8, 4) is 23.0 Å². The maximum atomic E-state index is 13.0. The van der Waals surface area contributed by atoms with Gasteiger partial charge in [-0.15, -0.1) is 0 Å². The van der Waals surface area contributed by atoms with Gasteiger partial charge in [-0.3, -0.25) is 9.69 Å². The van der Waals surface area contributed by atoms with Gasteiger partial charge < -0.3 is 18.9 Å². The summed E-state index contributed by atoms with van der Waals surface area (Å²) in [5.41, 5.74) is 3.19. The molecule has 0 aromatic heterocycles. The van der Waals surface area contributed by atoms with Gasteiger partial charge in [0, 0.05) is 13.1 Å². The van der Waals surface area contributed by atoms with Gasteiger partial charge in [-0.1, -0.05) is 35.3 Å². The van der Waals surface area contributed by atoms with Crippen molar-refractivity contribution < 1.29 is 23.7 Å². The Morgan fingerprint density at radius 1 is 0.909 bits per heavy atom. The lowest BCUT2D eigenvalue weighted by atomic mass is 10.0. The highest BCUT2D eigenvalue weighted by atomic mass is 35.5. The van der Waals surface area contributed by atoms with Crippen LogP contribution in [0.2, 0.25) is 10.0 Å². The third kappa shape index (κ3) is 3.70. The third-order valence-corrected chi connectivity index (χ3v) is 6.51. The highest BCUT2D eigenvalue weighted by molar-refractivity contribution is 6.42. The molecule has 3 heterocycles. The Morgan fingerprint density at radius 3 is 2.64 bits per heavy atom. The van der Waals surface area contributed by atoms with E-state index in [2.05, 4.69) is 4.90 Å². The summed E-state index contributed by atoms with van der Waals surface area (Å²) in [5, 5.41) is 0.869. The fourth-order valence-corrected chi connectivity index (χ4v) is 4.46. The van der Waals surface area contributed by atoms with E-state index in [1.165, 1.54) is 0 Å². The highest BCUT2D eigenvalue weighted by Crippen LogP contribution is 2.42. The topological polar surface area (TPSA) is 57.2 Å². The summed E-state index contributed by atoms with van der Waals surface area (Å²) in [6.07, 6.45) is 1.67. The molecule has 0 radical (unpaired) electrons. The standard InChI is InChI=1S/C25H17Cl2NO5/c26-18-4-1-14(7-19(18)27)8-23-24(29)16-3-6-20-17(25(16)33-23)11-28(12-30-20)10-15-2-5-21-22(9-15)32-13-31-21/h1-9H,10-13H2/b23-8-. The predicted molar refractivity (Wildman–Crippen MR) is 123 cm³/mol. The zero-order chi connectivity index (χ0) is 22.5. The van der Waals surface area contributed by atoms with Gasteiger partial charge in [0.15, 0.2) is 17.3 Å². The van der Waals surface area contributed by atoms with Crippen molar-refractivity contribution >= 4 is 35.1 Å². The van der Waals surface area contributed by atoms with E-state index < -0.39 is 0 Å². The largest absolute Gasteiger partial charge is 0.478 e. The average molecular weight is 482 g/mol. The molecule has 3 aromatic carbocycles. The normalized spacial score (nSPS) is 17.5. The van der Waals surface area contributed by atoms with Gasteiger partial charge in [-0.05, 0) is 53.6 Å². The number of fused-ring (bicyclic) bond motifs is 4. The molecule has 0 aliphatic carbocycles. The zero-order valence-electron chi connectivity index (χ0n) is 17.3. The first-order valence-corrected chi connectivity index (χ1v) is 11.1. The second kappa shape index (κ2) is 7.99. The first-order valence-electron chi connectivity index (χ1n) is 10.3. The minimum Gasteiger partial charge on any atom is -0.478 e. The van der Waals surface area contributed by atoms with E-state index in [1.807, 2.05) is 24.3 Å². The van der Waals surface area contributed by atoms with Gasteiger partial charge in [0.2, 0.25) is 12.6 Å². The van der Waals surface area contributed by atoms with Crippen LogP contribution in [-0.4, -0.2) is 24.2 Å². The molecule has 8 heteroatoms. The van der Waals surface area contributed by atoms with E-state index >= 15 is 0 Å². The van der Waals surface area contributed by atoms with Crippen molar-refractivity contribution in [2.45, 2.75) is 13.1 Å². The van der Waals surface area contributed by atoms with Gasteiger partial charge in [0.05, 0.1) is 21.2 Å². The van der Waals surface area contributed by atoms with E-state index in [0.717, 1.165) is 33.9 Å². The lowest BCUT2D eigenvalue weighted by Gasteiger charge is -2.29. The smallest absolute Gasteiger partial charge is 0.231 e. The number of benzene rings is 3. The van der Waals surface area contributed by atoms with Crippen LogP contribution >= 0.6 is 23.2 Å². The second-order valence-electron chi connectivity index (χ2n) is 7.98. The second-order valence-corrected chi connectivity index (χ2v) is 8.79. The van der Waals surface area contributed by atoms with Crippen molar-refractivity contribution in [1.29, 1.82) is 0 Å². The van der Waals surface area contributed by atoms with Crippen LogP contribution < -0.4 is 18.9 Å². The molecule has 0 atom stereocenters. The fraction of sp³-hybridized carbons (Fsp3) is 0.160. The van der Waals surface area contributed by atoms with Crippen LogP contribution in [0.5, 0.6) is 23.0 Å². The number of ketones is 1. The van der Waals surface area contributed by atoms with Crippen molar-refractivity contribution in [1.82, 2.24) is 4.90 Å². The number of halogens is 2. The van der Waals surface area contributed by atoms with E-state index in [9.17, 15) is 4.79 Å². The molecule has 33 heavy (non-hydrogen) atoms. The van der Waals surface area contributed by atoms with Crippen LogP contribution in [0.3, 0.4) is 0 Å². The molecule has 0 fully saturated rings. The Balaban J connectivity index is 1.26. The third-order valence-electron chi connectivity index (χ3n) is 5.77. The van der Waals surface area contributed by atoms with Crippen LogP contribution in [0.15, 0.2) is 54.3 Å². The molecule has 0 N–H and O–H groups in total. The SMILES string of the molecule is O=C1/C(=C/c2ccc(Cl)c(Cl)c2)Oc2c1ccc1c2CN(Cc2ccc3c(c2)OCO3)CO1. The van der Waals surface area contributed by atoms with Crippen molar-refractivity contribution in [3.63, 3.8) is 0 Å². The van der Waals surface area contributed by atoms with Gasteiger partial charge in [0.1, 0.15) is 18.2 Å². The van der Waals surface area contributed by atoms with E-state index in [0.29, 0.717) is 41.2 Å². The summed E-state index contributed by atoms with van der Waals surface area (Å²) < 4.78 is 22.9. The zero-order valence-corrected chi connectivity index (χ0v) is 18.8. The summed E-state index contributed by atoms with van der Waals surface area (Å²) in [6.45, 7) is 1.91. The van der Waals surface area contributed by atoms with Crippen molar-refractivity contribution in [3.05, 3.63) is 86.6 Å². The first kappa shape index (κ1) is 20.4. The van der Waals surface area contributed by atoms with E-state index in [-0.39, 0.29) is 18.3 Å². The van der Waals surface area contributed by atoms with Crippen LogP contribution in [0.4, 0.5) is 0 Å². The van der Waals surface area contributed by atoms with E-state index in [1.54, 1.807) is 30.3 Å². The van der Waals surface area contributed by atoms with Crippen LogP contribution in [0.25, 0.3) is 6.08 Å². The van der Waals surface area contributed by atoms with Gasteiger partial charge in [-0.2, -0.15) is 0 Å². The summed E-state index contributed by atoms with van der Waals surface area (Å²) in [5.74, 6) is 2.83. The molecule has 0 spiro atoms. The maximum absolute atomic E-state index is 13.0. The fourth-order valence-electron chi connectivity index (χ4n) is 4.16. The molecular formula is C25H17Cl2NO5. The maximum Gasteiger partial charge on any atom is 0.231 e. The summed E-state index contributed by atoms with van der Waals surface area (Å²) in [4.78, 5) is 15.1. The molecular weight excluding hydrogens is 465 g/mol. The molecule has 0 saturated heterocycles. The Morgan fingerprint density at radius 2 is 1.76 bits per heavy atom. The lowest BCUT2D eigenvalue weighted by molar-refractivity contribution is 0.0872. The van der Waals surface area contributed by atoms with Crippen molar-refractivity contribution in [2.75, 3.05) is 13.5 Å². The number of ether oxygens (including phenoxy) is 4. The number of carbonyl (C=O) groups excluding carboxylic acids is 1. The van der Waals surface area contributed by atoms with Gasteiger partial charge in [-0.25, -0.2) is 0 Å².